The van der Waals surface area contributed by atoms with Crippen LogP contribution in [0.2, 0.25) is 0 Å². The molecule has 0 rings (SSSR count). The molecule has 0 bridgehead atoms. The first-order chi connectivity index (χ1) is 11.0. The van der Waals surface area contributed by atoms with Gasteiger partial charge in [0.25, 0.3) is 0 Å². The highest BCUT2D eigenvalue weighted by Gasteiger charge is 2.12. The van der Waals surface area contributed by atoms with Gasteiger partial charge in [-0.1, -0.05) is 68.0 Å². The molecule has 0 aromatic carbocycles. The van der Waals surface area contributed by atoms with Crippen LogP contribution in [-0.2, 0) is 4.79 Å². The molecule has 0 heterocycles. The molecule has 1 amide bonds. The molecule has 128 valence electrons. The first-order valence-electron chi connectivity index (χ1n) is 8.27. The van der Waals surface area contributed by atoms with Crippen molar-refractivity contribution in [3.05, 3.63) is 60.8 Å². The minimum atomic E-state index is -0.887. The number of nitrogens with one attached hydrogen (secondary N) is 1. The van der Waals surface area contributed by atoms with E-state index in [2.05, 4.69) is 42.6 Å². The van der Waals surface area contributed by atoms with Crippen LogP contribution < -0.4 is 5.32 Å². The van der Waals surface area contributed by atoms with E-state index in [4.69, 9.17) is 0 Å². The summed E-state index contributed by atoms with van der Waals surface area (Å²) in [5.41, 5.74) is -0.887. The summed E-state index contributed by atoms with van der Waals surface area (Å²) >= 11 is 0. The first-order valence-corrected chi connectivity index (χ1v) is 8.27. The summed E-state index contributed by atoms with van der Waals surface area (Å²) < 4.78 is 0. The Kier molecular flexibility index (Phi) is 12.7. The van der Waals surface area contributed by atoms with Crippen LogP contribution >= 0.6 is 0 Å². The summed E-state index contributed by atoms with van der Waals surface area (Å²) in [5.74, 6) is -0.206. The normalized spacial score (nSPS) is 13.4. The highest BCUT2D eigenvalue weighted by molar-refractivity contribution is 5.87. The van der Waals surface area contributed by atoms with Gasteiger partial charge in [0.05, 0.1) is 5.60 Å². The molecule has 0 aromatic rings. The molecule has 0 fully saturated rings. The van der Waals surface area contributed by atoms with Gasteiger partial charge in [0, 0.05) is 12.6 Å². The molecule has 0 saturated heterocycles. The van der Waals surface area contributed by atoms with Crippen molar-refractivity contribution in [3.63, 3.8) is 0 Å². The third kappa shape index (κ3) is 18.1. The molecule has 0 aromatic heterocycles. The van der Waals surface area contributed by atoms with Crippen molar-refractivity contribution in [2.24, 2.45) is 0 Å². The number of unbranched alkanes of at least 4 members (excludes halogenated alkanes) is 2. The van der Waals surface area contributed by atoms with Crippen LogP contribution in [0.3, 0.4) is 0 Å². The Morgan fingerprint density at radius 1 is 0.913 bits per heavy atom. The van der Waals surface area contributed by atoms with Crippen molar-refractivity contribution in [2.45, 2.75) is 52.1 Å². The molecular weight excluding hydrogens is 286 g/mol. The van der Waals surface area contributed by atoms with Crippen LogP contribution in [0.1, 0.15) is 46.5 Å². The van der Waals surface area contributed by atoms with Crippen LogP contribution in [-0.4, -0.2) is 23.2 Å². The summed E-state index contributed by atoms with van der Waals surface area (Å²) in [4.78, 5) is 11.4. The van der Waals surface area contributed by atoms with Crippen molar-refractivity contribution < 1.29 is 9.90 Å². The van der Waals surface area contributed by atoms with Gasteiger partial charge in [0.1, 0.15) is 0 Å². The second-order valence-corrected chi connectivity index (χ2v) is 5.92. The van der Waals surface area contributed by atoms with E-state index in [1.165, 1.54) is 12.5 Å². The SMILES string of the molecule is CCCC=CC=CCCC=CC=CC=CC(=O)NCC(C)(C)O. The minimum Gasteiger partial charge on any atom is -0.389 e. The van der Waals surface area contributed by atoms with Crippen molar-refractivity contribution in [1.82, 2.24) is 5.32 Å². The Labute approximate surface area is 141 Å². The molecule has 2 N–H and O–H groups in total. The van der Waals surface area contributed by atoms with Crippen LogP contribution in [0.5, 0.6) is 0 Å². The third-order valence-corrected chi connectivity index (χ3v) is 2.75. The van der Waals surface area contributed by atoms with Crippen LogP contribution in [0, 0.1) is 0 Å². The zero-order chi connectivity index (χ0) is 17.4. The Bertz CT molecular complexity index is 449. The van der Waals surface area contributed by atoms with E-state index in [1.54, 1.807) is 19.9 Å². The molecule has 0 saturated carbocycles. The predicted molar refractivity (Wildman–Crippen MR) is 99.1 cm³/mol. The van der Waals surface area contributed by atoms with Gasteiger partial charge in [-0.2, -0.15) is 0 Å². The predicted octanol–water partition coefficient (Wildman–Crippen LogP) is 4.23. The van der Waals surface area contributed by atoms with E-state index in [1.807, 2.05) is 18.2 Å². The quantitative estimate of drug-likeness (QED) is 0.340. The van der Waals surface area contributed by atoms with Gasteiger partial charge in [-0.25, -0.2) is 0 Å². The molecular formula is C20H31NO2. The summed E-state index contributed by atoms with van der Waals surface area (Å²) in [6, 6.07) is 0. The molecule has 23 heavy (non-hydrogen) atoms. The Morgan fingerprint density at radius 3 is 2.00 bits per heavy atom. The second kappa shape index (κ2) is 13.8. The van der Waals surface area contributed by atoms with E-state index >= 15 is 0 Å². The zero-order valence-corrected chi connectivity index (χ0v) is 14.7. The topological polar surface area (TPSA) is 49.3 Å². The highest BCUT2D eigenvalue weighted by Crippen LogP contribution is 1.97. The maximum absolute atomic E-state index is 11.4. The number of carbonyl (C=O) groups excluding carboxylic acids is 1. The third-order valence-electron chi connectivity index (χ3n) is 2.75. The summed E-state index contributed by atoms with van der Waals surface area (Å²) in [5, 5.41) is 12.1. The molecule has 0 aliphatic carbocycles. The Morgan fingerprint density at radius 2 is 1.43 bits per heavy atom. The molecule has 3 nitrogen and oxygen atoms in total. The maximum Gasteiger partial charge on any atom is 0.244 e. The number of hydrogen-bond acceptors (Lipinski definition) is 2. The Hall–Kier alpha value is -1.87. The first kappa shape index (κ1) is 21.1. The molecule has 0 aliphatic rings. The maximum atomic E-state index is 11.4. The monoisotopic (exact) mass is 317 g/mol. The van der Waals surface area contributed by atoms with Crippen LogP contribution in [0.4, 0.5) is 0 Å². The van der Waals surface area contributed by atoms with Gasteiger partial charge in [0.15, 0.2) is 0 Å². The van der Waals surface area contributed by atoms with E-state index in [0.29, 0.717) is 0 Å². The van der Waals surface area contributed by atoms with Crippen LogP contribution in [0.15, 0.2) is 60.8 Å². The number of carbonyl (C=O) groups is 1. The lowest BCUT2D eigenvalue weighted by molar-refractivity contribution is -0.117. The van der Waals surface area contributed by atoms with Gasteiger partial charge in [-0.15, -0.1) is 0 Å². The standard InChI is InChI=1S/C20H31NO2/c1-4-5-6-7-8-9-10-11-12-13-14-15-16-17-19(22)21-18-20(2,3)23/h6-9,12-17,23H,4-5,10-11,18H2,1-3H3,(H,21,22). The van der Waals surface area contributed by atoms with Crippen molar-refractivity contribution in [3.8, 4) is 0 Å². The van der Waals surface area contributed by atoms with Crippen molar-refractivity contribution >= 4 is 5.91 Å². The van der Waals surface area contributed by atoms with Crippen LogP contribution in [0.25, 0.3) is 0 Å². The average Bonchev–Trinajstić information content (AvgIpc) is 2.49. The summed E-state index contributed by atoms with van der Waals surface area (Å²) in [6.45, 7) is 5.71. The Balaban J connectivity index is 3.76. The van der Waals surface area contributed by atoms with Gasteiger partial charge >= 0.3 is 0 Å². The lowest BCUT2D eigenvalue weighted by Crippen LogP contribution is -2.37. The van der Waals surface area contributed by atoms with E-state index in [0.717, 1.165) is 19.3 Å². The second-order valence-electron chi connectivity index (χ2n) is 5.92. The molecule has 0 atom stereocenters. The lowest BCUT2D eigenvalue weighted by Gasteiger charge is -2.16. The van der Waals surface area contributed by atoms with Crippen molar-refractivity contribution in [1.29, 1.82) is 0 Å². The van der Waals surface area contributed by atoms with E-state index < -0.39 is 5.60 Å². The van der Waals surface area contributed by atoms with Crippen molar-refractivity contribution in [2.75, 3.05) is 6.54 Å². The fraction of sp³-hybridized carbons (Fsp3) is 0.450. The molecule has 3 heteroatoms. The number of aliphatic hydroxyl groups is 1. The van der Waals surface area contributed by atoms with E-state index in [9.17, 15) is 9.90 Å². The zero-order valence-electron chi connectivity index (χ0n) is 14.7. The number of rotatable bonds is 11. The van der Waals surface area contributed by atoms with E-state index in [-0.39, 0.29) is 12.5 Å². The molecule has 0 aliphatic heterocycles. The lowest BCUT2D eigenvalue weighted by atomic mass is 10.1. The van der Waals surface area contributed by atoms with Gasteiger partial charge in [0.2, 0.25) is 5.91 Å². The smallest absolute Gasteiger partial charge is 0.244 e. The van der Waals surface area contributed by atoms with Gasteiger partial charge < -0.3 is 10.4 Å². The van der Waals surface area contributed by atoms with Gasteiger partial charge in [-0.05, 0) is 33.1 Å². The minimum absolute atomic E-state index is 0.206. The average molecular weight is 317 g/mol. The fourth-order valence-electron chi connectivity index (χ4n) is 1.52. The summed E-state index contributed by atoms with van der Waals surface area (Å²) in [7, 11) is 0. The number of allylic oxidation sites excluding steroid dienone is 9. The molecule has 0 unspecified atom stereocenters. The number of hydrogen-bond donors (Lipinski definition) is 2. The fourth-order valence-corrected chi connectivity index (χ4v) is 1.52. The highest BCUT2D eigenvalue weighted by atomic mass is 16.3. The largest absolute Gasteiger partial charge is 0.389 e. The summed E-state index contributed by atoms with van der Waals surface area (Å²) in [6.07, 6.45) is 23.8. The van der Waals surface area contributed by atoms with Gasteiger partial charge in [-0.3, -0.25) is 4.79 Å². The molecule has 0 radical (unpaired) electrons. The number of amides is 1. The molecule has 0 spiro atoms.